The molecule has 0 aromatic heterocycles. The van der Waals surface area contributed by atoms with Crippen LogP contribution in [0.15, 0.2) is 11.1 Å². The van der Waals surface area contributed by atoms with Gasteiger partial charge in [0.2, 0.25) is 0 Å². The Labute approximate surface area is 93.6 Å². The highest BCUT2D eigenvalue weighted by molar-refractivity contribution is 5.27. The van der Waals surface area contributed by atoms with Crippen molar-refractivity contribution < 1.29 is 5.11 Å². The van der Waals surface area contributed by atoms with Gasteiger partial charge in [0.1, 0.15) is 0 Å². The van der Waals surface area contributed by atoms with Gasteiger partial charge < -0.3 is 5.11 Å². The van der Waals surface area contributed by atoms with Gasteiger partial charge in [-0.2, -0.15) is 0 Å². The maximum atomic E-state index is 9.40. The van der Waals surface area contributed by atoms with Crippen LogP contribution in [0.3, 0.4) is 0 Å². The van der Waals surface area contributed by atoms with Gasteiger partial charge >= 0.3 is 0 Å². The van der Waals surface area contributed by atoms with E-state index in [-0.39, 0.29) is 0 Å². The molecule has 0 aromatic rings. The lowest BCUT2D eigenvalue weighted by Crippen LogP contribution is -2.31. The summed E-state index contributed by atoms with van der Waals surface area (Å²) in [7, 11) is 0. The molecule has 86 valence electrons. The minimum Gasteiger partial charge on any atom is -0.396 e. The quantitative estimate of drug-likeness (QED) is 0.654. The summed E-state index contributed by atoms with van der Waals surface area (Å²) in [6, 6.07) is 0. The Morgan fingerprint density at radius 3 is 2.73 bits per heavy atom. The molecule has 1 heteroatoms. The predicted molar refractivity (Wildman–Crippen MR) is 63.6 cm³/mol. The molecule has 2 atom stereocenters. The van der Waals surface area contributed by atoms with E-state index in [2.05, 4.69) is 20.8 Å². The van der Waals surface area contributed by atoms with Gasteiger partial charge in [-0.3, -0.25) is 0 Å². The number of allylic oxidation sites excluding steroid dienone is 2. The maximum Gasteiger partial charge on any atom is 0.0464 e. The molecule has 1 nitrogen and oxygen atoms in total. The Bertz CT molecular complexity index is 275. The standard InChI is InChI=1S/C14H24O/c1-10-7-11-5-4-6-14(2,3)13(11)8-12(10)9-15/h10,12,15H,4-9H2,1-3H3/t10-,12-/m1/s1. The predicted octanol–water partition coefficient (Wildman–Crippen LogP) is 3.53. The van der Waals surface area contributed by atoms with Crippen molar-refractivity contribution in [3.05, 3.63) is 11.1 Å². The first-order valence-corrected chi connectivity index (χ1v) is 6.37. The summed E-state index contributed by atoms with van der Waals surface area (Å²) in [5.74, 6) is 1.20. The summed E-state index contributed by atoms with van der Waals surface area (Å²) in [6.45, 7) is 7.43. The molecule has 0 aromatic carbocycles. The third-order valence-electron chi connectivity index (χ3n) is 4.60. The molecule has 0 saturated heterocycles. The van der Waals surface area contributed by atoms with Crippen molar-refractivity contribution in [2.24, 2.45) is 17.3 Å². The highest BCUT2D eigenvalue weighted by Crippen LogP contribution is 2.49. The van der Waals surface area contributed by atoms with E-state index in [9.17, 15) is 5.11 Å². The zero-order valence-corrected chi connectivity index (χ0v) is 10.3. The molecule has 2 aliphatic carbocycles. The Balaban J connectivity index is 2.27. The van der Waals surface area contributed by atoms with Crippen molar-refractivity contribution in [1.82, 2.24) is 0 Å². The lowest BCUT2D eigenvalue weighted by Gasteiger charge is -2.42. The highest BCUT2D eigenvalue weighted by atomic mass is 16.3. The molecule has 0 heterocycles. The molecule has 0 saturated carbocycles. The first-order valence-electron chi connectivity index (χ1n) is 6.37. The molecule has 0 unspecified atom stereocenters. The van der Waals surface area contributed by atoms with Gasteiger partial charge in [0.15, 0.2) is 0 Å². The molecule has 0 amide bonds. The van der Waals surface area contributed by atoms with Crippen LogP contribution in [0.2, 0.25) is 0 Å². The van der Waals surface area contributed by atoms with Crippen LogP contribution < -0.4 is 0 Å². The second kappa shape index (κ2) is 3.93. The number of aliphatic hydroxyl groups excluding tert-OH is 1. The minimum absolute atomic E-state index is 0.369. The number of rotatable bonds is 1. The van der Waals surface area contributed by atoms with Crippen LogP contribution in [0.25, 0.3) is 0 Å². The van der Waals surface area contributed by atoms with Crippen LogP contribution in [0, 0.1) is 17.3 Å². The van der Waals surface area contributed by atoms with Crippen molar-refractivity contribution >= 4 is 0 Å². The van der Waals surface area contributed by atoms with E-state index in [1.165, 1.54) is 25.7 Å². The SMILES string of the molecule is C[C@@H]1CC2=C(C[C@@H]1CO)C(C)(C)CCC2. The molecular formula is C14H24O. The Morgan fingerprint density at radius 2 is 2.07 bits per heavy atom. The monoisotopic (exact) mass is 208 g/mol. The Morgan fingerprint density at radius 1 is 1.33 bits per heavy atom. The minimum atomic E-state index is 0.369. The van der Waals surface area contributed by atoms with E-state index < -0.39 is 0 Å². The summed E-state index contributed by atoms with van der Waals surface area (Å²) in [6.07, 6.45) is 6.41. The lowest BCUT2D eigenvalue weighted by atomic mass is 9.63. The fraction of sp³-hybridized carbons (Fsp3) is 0.857. The van der Waals surface area contributed by atoms with Gasteiger partial charge in [0.25, 0.3) is 0 Å². The van der Waals surface area contributed by atoms with Crippen molar-refractivity contribution in [2.45, 2.75) is 52.9 Å². The van der Waals surface area contributed by atoms with Gasteiger partial charge in [-0.05, 0) is 49.4 Å². The van der Waals surface area contributed by atoms with Crippen molar-refractivity contribution in [1.29, 1.82) is 0 Å². The zero-order valence-electron chi connectivity index (χ0n) is 10.3. The summed E-state index contributed by atoms with van der Waals surface area (Å²) >= 11 is 0. The van der Waals surface area contributed by atoms with Gasteiger partial charge in [0, 0.05) is 6.61 Å². The van der Waals surface area contributed by atoms with Crippen LogP contribution in [0.4, 0.5) is 0 Å². The largest absolute Gasteiger partial charge is 0.396 e. The number of aliphatic hydroxyl groups is 1. The molecule has 0 spiro atoms. The van der Waals surface area contributed by atoms with Crippen molar-refractivity contribution in [3.8, 4) is 0 Å². The molecular weight excluding hydrogens is 184 g/mol. The van der Waals surface area contributed by atoms with E-state index in [0.717, 1.165) is 6.42 Å². The summed E-state index contributed by atoms with van der Waals surface area (Å²) in [5, 5.41) is 9.40. The van der Waals surface area contributed by atoms with Crippen LogP contribution in [-0.2, 0) is 0 Å². The topological polar surface area (TPSA) is 20.2 Å². The summed E-state index contributed by atoms with van der Waals surface area (Å²) < 4.78 is 0. The molecule has 2 aliphatic rings. The van der Waals surface area contributed by atoms with E-state index >= 15 is 0 Å². The lowest BCUT2D eigenvalue weighted by molar-refractivity contribution is 0.158. The van der Waals surface area contributed by atoms with Gasteiger partial charge in [-0.15, -0.1) is 0 Å². The summed E-state index contributed by atoms with van der Waals surface area (Å²) in [4.78, 5) is 0. The third kappa shape index (κ3) is 1.99. The highest BCUT2D eigenvalue weighted by Gasteiger charge is 2.36. The average molecular weight is 208 g/mol. The van der Waals surface area contributed by atoms with Crippen molar-refractivity contribution in [3.63, 3.8) is 0 Å². The van der Waals surface area contributed by atoms with Crippen LogP contribution in [0.1, 0.15) is 52.9 Å². The number of hydrogen-bond acceptors (Lipinski definition) is 1. The fourth-order valence-corrected chi connectivity index (χ4v) is 3.43. The second-order valence-corrected chi connectivity index (χ2v) is 6.15. The molecule has 0 fully saturated rings. The maximum absolute atomic E-state index is 9.40. The Hall–Kier alpha value is -0.300. The second-order valence-electron chi connectivity index (χ2n) is 6.15. The van der Waals surface area contributed by atoms with Crippen LogP contribution >= 0.6 is 0 Å². The molecule has 0 bridgehead atoms. The molecule has 2 rings (SSSR count). The normalized spacial score (nSPS) is 35.2. The molecule has 0 radical (unpaired) electrons. The third-order valence-corrected chi connectivity index (χ3v) is 4.60. The van der Waals surface area contributed by atoms with E-state index in [0.29, 0.717) is 23.9 Å². The first-order chi connectivity index (χ1) is 7.04. The fourth-order valence-electron chi connectivity index (χ4n) is 3.43. The zero-order chi connectivity index (χ0) is 11.1. The molecule has 0 aliphatic heterocycles. The smallest absolute Gasteiger partial charge is 0.0464 e. The van der Waals surface area contributed by atoms with Gasteiger partial charge in [-0.1, -0.05) is 31.9 Å². The first kappa shape index (κ1) is 11.2. The van der Waals surface area contributed by atoms with E-state index in [1.807, 2.05) is 0 Å². The van der Waals surface area contributed by atoms with Crippen LogP contribution in [-0.4, -0.2) is 11.7 Å². The van der Waals surface area contributed by atoms with Gasteiger partial charge in [0.05, 0.1) is 0 Å². The van der Waals surface area contributed by atoms with Crippen LogP contribution in [0.5, 0.6) is 0 Å². The summed E-state index contributed by atoms with van der Waals surface area (Å²) in [5.41, 5.74) is 3.82. The van der Waals surface area contributed by atoms with Gasteiger partial charge in [-0.25, -0.2) is 0 Å². The Kier molecular flexibility index (Phi) is 2.94. The number of hydrogen-bond donors (Lipinski definition) is 1. The molecule has 15 heavy (non-hydrogen) atoms. The van der Waals surface area contributed by atoms with E-state index in [4.69, 9.17) is 0 Å². The van der Waals surface area contributed by atoms with E-state index in [1.54, 1.807) is 11.1 Å². The molecule has 1 N–H and O–H groups in total. The van der Waals surface area contributed by atoms with Crippen molar-refractivity contribution in [2.75, 3.05) is 6.61 Å². The average Bonchev–Trinajstić information content (AvgIpc) is 2.16.